The van der Waals surface area contributed by atoms with Gasteiger partial charge in [-0.2, -0.15) is 5.26 Å². The fourth-order valence-corrected chi connectivity index (χ4v) is 2.94. The molecule has 0 aliphatic rings. The molecule has 4 heteroatoms. The SMILES string of the molecule is N#Cc1cc2ccsc2c(Cl)c1CCl. The molecule has 0 fully saturated rings. The Labute approximate surface area is 95.5 Å². The van der Waals surface area contributed by atoms with Gasteiger partial charge in [0.2, 0.25) is 0 Å². The molecule has 2 rings (SSSR count). The van der Waals surface area contributed by atoms with Crippen LogP contribution in [0.2, 0.25) is 5.02 Å². The van der Waals surface area contributed by atoms with Gasteiger partial charge in [0.05, 0.1) is 27.2 Å². The van der Waals surface area contributed by atoms with Gasteiger partial charge in [-0.25, -0.2) is 0 Å². The molecule has 0 amide bonds. The Balaban J connectivity index is 2.87. The molecule has 0 saturated carbocycles. The van der Waals surface area contributed by atoms with Crippen LogP contribution in [0.4, 0.5) is 0 Å². The highest BCUT2D eigenvalue weighted by Crippen LogP contribution is 2.34. The maximum atomic E-state index is 8.91. The number of thiophene rings is 1. The summed E-state index contributed by atoms with van der Waals surface area (Å²) in [6.45, 7) is 0. The number of benzene rings is 1. The highest BCUT2D eigenvalue weighted by Gasteiger charge is 2.11. The number of nitrogens with zero attached hydrogens (tertiary/aromatic N) is 1. The zero-order valence-electron chi connectivity index (χ0n) is 7.05. The van der Waals surface area contributed by atoms with Crippen molar-refractivity contribution in [3.8, 4) is 6.07 Å². The molecule has 0 unspecified atom stereocenters. The van der Waals surface area contributed by atoms with Crippen LogP contribution >= 0.6 is 34.5 Å². The van der Waals surface area contributed by atoms with E-state index in [4.69, 9.17) is 28.5 Å². The summed E-state index contributed by atoms with van der Waals surface area (Å²) in [6.07, 6.45) is 0. The molecule has 0 aliphatic carbocycles. The van der Waals surface area contributed by atoms with Gasteiger partial charge >= 0.3 is 0 Å². The standard InChI is InChI=1S/C10H5Cl2NS/c11-4-8-7(5-13)3-6-1-2-14-10(6)9(8)12/h1-3H,4H2. The number of fused-ring (bicyclic) bond motifs is 1. The summed E-state index contributed by atoms with van der Waals surface area (Å²) in [5.41, 5.74) is 1.29. The Hall–Kier alpha value is -0.750. The van der Waals surface area contributed by atoms with Crippen molar-refractivity contribution in [1.82, 2.24) is 0 Å². The van der Waals surface area contributed by atoms with Gasteiger partial charge in [-0.05, 0) is 22.9 Å². The minimum Gasteiger partial charge on any atom is -0.192 e. The van der Waals surface area contributed by atoms with Crippen LogP contribution in [-0.4, -0.2) is 0 Å². The maximum Gasteiger partial charge on any atom is 0.0995 e. The van der Waals surface area contributed by atoms with Gasteiger partial charge in [0.1, 0.15) is 0 Å². The summed E-state index contributed by atoms with van der Waals surface area (Å²) < 4.78 is 1.00. The topological polar surface area (TPSA) is 23.8 Å². The number of rotatable bonds is 1. The Kier molecular flexibility index (Phi) is 2.64. The average molecular weight is 242 g/mol. The highest BCUT2D eigenvalue weighted by molar-refractivity contribution is 7.17. The minimum absolute atomic E-state index is 0.273. The molecule has 0 saturated heterocycles. The van der Waals surface area contributed by atoms with Crippen molar-refractivity contribution >= 4 is 44.6 Å². The van der Waals surface area contributed by atoms with E-state index < -0.39 is 0 Å². The molecular formula is C10H5Cl2NS. The molecule has 1 aromatic carbocycles. The molecule has 0 aliphatic heterocycles. The zero-order chi connectivity index (χ0) is 10.1. The molecule has 2 aromatic rings. The second-order valence-electron chi connectivity index (χ2n) is 2.80. The molecule has 1 heterocycles. The van der Waals surface area contributed by atoms with E-state index in [9.17, 15) is 0 Å². The van der Waals surface area contributed by atoms with Gasteiger partial charge < -0.3 is 0 Å². The van der Waals surface area contributed by atoms with Crippen molar-refractivity contribution in [2.24, 2.45) is 0 Å². The van der Waals surface area contributed by atoms with E-state index in [1.54, 1.807) is 11.3 Å². The van der Waals surface area contributed by atoms with E-state index in [1.165, 1.54) is 0 Å². The van der Waals surface area contributed by atoms with E-state index in [1.807, 2.05) is 17.5 Å². The number of halogens is 2. The smallest absolute Gasteiger partial charge is 0.0995 e. The van der Waals surface area contributed by atoms with E-state index >= 15 is 0 Å². The van der Waals surface area contributed by atoms with Crippen molar-refractivity contribution in [3.05, 3.63) is 33.7 Å². The first-order valence-electron chi connectivity index (χ1n) is 3.92. The van der Waals surface area contributed by atoms with E-state index in [-0.39, 0.29) is 5.88 Å². The largest absolute Gasteiger partial charge is 0.192 e. The first kappa shape index (κ1) is 9.79. The lowest BCUT2D eigenvalue weighted by atomic mass is 10.1. The molecule has 1 aromatic heterocycles. The summed E-state index contributed by atoms with van der Waals surface area (Å²) in [7, 11) is 0. The third-order valence-electron chi connectivity index (χ3n) is 2.04. The molecule has 0 spiro atoms. The molecular weight excluding hydrogens is 237 g/mol. The average Bonchev–Trinajstić information content (AvgIpc) is 2.65. The van der Waals surface area contributed by atoms with Crippen molar-refractivity contribution in [2.75, 3.05) is 0 Å². The van der Waals surface area contributed by atoms with E-state index in [0.717, 1.165) is 15.6 Å². The third kappa shape index (κ3) is 1.38. The van der Waals surface area contributed by atoms with Crippen LogP contribution in [0.1, 0.15) is 11.1 Å². The second-order valence-corrected chi connectivity index (χ2v) is 4.36. The predicted molar refractivity (Wildman–Crippen MR) is 61.1 cm³/mol. The maximum absolute atomic E-state index is 8.91. The van der Waals surface area contributed by atoms with Crippen LogP contribution in [0, 0.1) is 11.3 Å². The fourth-order valence-electron chi connectivity index (χ4n) is 1.34. The summed E-state index contributed by atoms with van der Waals surface area (Å²) >= 11 is 13.5. The van der Waals surface area contributed by atoms with Crippen LogP contribution in [0.15, 0.2) is 17.5 Å². The first-order valence-corrected chi connectivity index (χ1v) is 5.71. The molecule has 70 valence electrons. The summed E-state index contributed by atoms with van der Waals surface area (Å²) in [4.78, 5) is 0. The van der Waals surface area contributed by atoms with Gasteiger partial charge in [-0.15, -0.1) is 22.9 Å². The summed E-state index contributed by atoms with van der Waals surface area (Å²) in [6, 6.07) is 5.88. The monoisotopic (exact) mass is 241 g/mol. The van der Waals surface area contributed by atoms with Crippen molar-refractivity contribution < 1.29 is 0 Å². The van der Waals surface area contributed by atoms with Crippen molar-refractivity contribution in [3.63, 3.8) is 0 Å². The second kappa shape index (κ2) is 3.78. The van der Waals surface area contributed by atoms with Crippen LogP contribution in [0.5, 0.6) is 0 Å². The lowest BCUT2D eigenvalue weighted by Crippen LogP contribution is -1.87. The van der Waals surface area contributed by atoms with Gasteiger partial charge in [0.15, 0.2) is 0 Å². The number of alkyl halides is 1. The molecule has 0 N–H and O–H groups in total. The Bertz CT molecular complexity index is 525. The zero-order valence-corrected chi connectivity index (χ0v) is 9.38. The fraction of sp³-hybridized carbons (Fsp3) is 0.100. The van der Waals surface area contributed by atoms with E-state index in [2.05, 4.69) is 6.07 Å². The Morgan fingerprint density at radius 2 is 2.29 bits per heavy atom. The van der Waals surface area contributed by atoms with Gasteiger partial charge in [-0.1, -0.05) is 11.6 Å². The predicted octanol–water partition coefficient (Wildman–Crippen LogP) is 4.17. The number of nitriles is 1. The normalized spacial score (nSPS) is 10.4. The summed E-state index contributed by atoms with van der Waals surface area (Å²) in [5, 5.41) is 12.5. The Morgan fingerprint density at radius 3 is 2.93 bits per heavy atom. The molecule has 14 heavy (non-hydrogen) atoms. The molecule has 0 radical (unpaired) electrons. The van der Waals surface area contributed by atoms with Gasteiger partial charge in [0, 0.05) is 5.56 Å². The lowest BCUT2D eigenvalue weighted by molar-refractivity contribution is 1.37. The highest BCUT2D eigenvalue weighted by atomic mass is 35.5. The lowest BCUT2D eigenvalue weighted by Gasteiger charge is -2.03. The molecule has 1 nitrogen and oxygen atoms in total. The summed E-state index contributed by atoms with van der Waals surface area (Å²) in [5.74, 6) is 0.273. The van der Waals surface area contributed by atoms with Crippen LogP contribution < -0.4 is 0 Å². The van der Waals surface area contributed by atoms with E-state index in [0.29, 0.717) is 10.6 Å². The van der Waals surface area contributed by atoms with Gasteiger partial charge in [-0.3, -0.25) is 0 Å². The van der Waals surface area contributed by atoms with Crippen molar-refractivity contribution in [2.45, 2.75) is 5.88 Å². The quantitative estimate of drug-likeness (QED) is 0.688. The minimum atomic E-state index is 0.273. The van der Waals surface area contributed by atoms with Crippen molar-refractivity contribution in [1.29, 1.82) is 5.26 Å². The Morgan fingerprint density at radius 1 is 1.50 bits per heavy atom. The van der Waals surface area contributed by atoms with Crippen LogP contribution in [-0.2, 0) is 5.88 Å². The third-order valence-corrected chi connectivity index (χ3v) is 3.78. The van der Waals surface area contributed by atoms with Gasteiger partial charge in [0.25, 0.3) is 0 Å². The molecule has 0 bridgehead atoms. The first-order chi connectivity index (χ1) is 6.77. The van der Waals surface area contributed by atoms with Crippen LogP contribution in [0.25, 0.3) is 10.1 Å². The number of hydrogen-bond acceptors (Lipinski definition) is 2. The van der Waals surface area contributed by atoms with Crippen LogP contribution in [0.3, 0.4) is 0 Å². The molecule has 0 atom stereocenters. The number of hydrogen-bond donors (Lipinski definition) is 0.